The molecule has 110 valence electrons. The standard InChI is InChI=1S/C15H20ClNO3/c1-2-20-14(11-3-5-13(16)6-4-11)12-7-9-17(10-8-12)15(18)19/h3-6,12,14H,2,7-10H2,1H3,(H,18,19). The maximum atomic E-state index is 10.9. The first-order valence-corrected chi connectivity index (χ1v) is 7.34. The third kappa shape index (κ3) is 3.64. The average molecular weight is 298 g/mol. The van der Waals surface area contributed by atoms with Crippen molar-refractivity contribution in [3.05, 3.63) is 34.9 Å². The summed E-state index contributed by atoms with van der Waals surface area (Å²) >= 11 is 5.92. The number of amides is 1. The summed E-state index contributed by atoms with van der Waals surface area (Å²) in [5.41, 5.74) is 1.12. The van der Waals surface area contributed by atoms with Crippen LogP contribution in [0.25, 0.3) is 0 Å². The fourth-order valence-electron chi connectivity index (χ4n) is 2.73. The van der Waals surface area contributed by atoms with Gasteiger partial charge >= 0.3 is 6.09 Å². The van der Waals surface area contributed by atoms with E-state index in [0.717, 1.165) is 18.4 Å². The topological polar surface area (TPSA) is 49.8 Å². The molecule has 2 rings (SSSR count). The van der Waals surface area contributed by atoms with E-state index in [4.69, 9.17) is 21.4 Å². The van der Waals surface area contributed by atoms with Gasteiger partial charge in [-0.3, -0.25) is 0 Å². The highest BCUT2D eigenvalue weighted by Gasteiger charge is 2.29. The zero-order chi connectivity index (χ0) is 14.5. The van der Waals surface area contributed by atoms with Gasteiger partial charge in [-0.15, -0.1) is 0 Å². The molecule has 1 aliphatic heterocycles. The molecular weight excluding hydrogens is 278 g/mol. The summed E-state index contributed by atoms with van der Waals surface area (Å²) in [5, 5.41) is 9.71. The predicted molar refractivity (Wildman–Crippen MR) is 78.1 cm³/mol. The fourth-order valence-corrected chi connectivity index (χ4v) is 2.86. The molecule has 1 aromatic carbocycles. The Hall–Kier alpha value is -1.26. The molecule has 0 aliphatic carbocycles. The Labute approximate surface area is 124 Å². The molecule has 1 N–H and O–H groups in total. The van der Waals surface area contributed by atoms with Gasteiger partial charge in [-0.2, -0.15) is 0 Å². The molecule has 1 fully saturated rings. The molecule has 0 spiro atoms. The zero-order valence-corrected chi connectivity index (χ0v) is 12.3. The Morgan fingerprint density at radius 2 is 2.00 bits per heavy atom. The number of hydrogen-bond acceptors (Lipinski definition) is 2. The first-order valence-electron chi connectivity index (χ1n) is 6.96. The lowest BCUT2D eigenvalue weighted by Crippen LogP contribution is -2.39. The van der Waals surface area contributed by atoms with Crippen LogP contribution in [0.15, 0.2) is 24.3 Å². The van der Waals surface area contributed by atoms with Crippen LogP contribution in [-0.2, 0) is 4.74 Å². The van der Waals surface area contributed by atoms with E-state index in [9.17, 15) is 4.79 Å². The quantitative estimate of drug-likeness (QED) is 0.919. The number of rotatable bonds is 4. The summed E-state index contributed by atoms with van der Waals surface area (Å²) in [6.45, 7) is 3.79. The third-order valence-electron chi connectivity index (χ3n) is 3.78. The SMILES string of the molecule is CCOC(c1ccc(Cl)cc1)C1CCN(C(=O)O)CC1. The Bertz CT molecular complexity index is 441. The van der Waals surface area contributed by atoms with Crippen LogP contribution in [0.5, 0.6) is 0 Å². The van der Waals surface area contributed by atoms with E-state index >= 15 is 0 Å². The van der Waals surface area contributed by atoms with Crippen LogP contribution in [-0.4, -0.2) is 35.8 Å². The normalized spacial score (nSPS) is 18.0. The lowest BCUT2D eigenvalue weighted by atomic mass is 9.87. The minimum atomic E-state index is -0.831. The lowest BCUT2D eigenvalue weighted by molar-refractivity contribution is -0.00369. The van der Waals surface area contributed by atoms with Gasteiger partial charge in [-0.05, 0) is 43.4 Å². The van der Waals surface area contributed by atoms with Crippen molar-refractivity contribution in [1.82, 2.24) is 4.90 Å². The summed E-state index contributed by atoms with van der Waals surface area (Å²) in [6, 6.07) is 7.73. The van der Waals surface area contributed by atoms with Crippen molar-refractivity contribution in [2.45, 2.75) is 25.9 Å². The van der Waals surface area contributed by atoms with Crippen molar-refractivity contribution in [3.8, 4) is 0 Å². The van der Waals surface area contributed by atoms with Gasteiger partial charge in [0.2, 0.25) is 0 Å². The summed E-state index contributed by atoms with van der Waals surface area (Å²) in [6.07, 6.45) is 0.857. The van der Waals surface area contributed by atoms with Gasteiger partial charge in [0.15, 0.2) is 0 Å². The molecular formula is C15H20ClNO3. The fraction of sp³-hybridized carbons (Fsp3) is 0.533. The van der Waals surface area contributed by atoms with Crippen LogP contribution in [0.3, 0.4) is 0 Å². The van der Waals surface area contributed by atoms with Crippen LogP contribution in [0, 0.1) is 5.92 Å². The second kappa shape index (κ2) is 6.95. The van der Waals surface area contributed by atoms with E-state index in [1.54, 1.807) is 0 Å². The van der Waals surface area contributed by atoms with Gasteiger partial charge in [-0.1, -0.05) is 23.7 Å². The number of nitrogens with zero attached hydrogens (tertiary/aromatic N) is 1. The molecule has 0 bridgehead atoms. The average Bonchev–Trinajstić information content (AvgIpc) is 2.46. The minimum absolute atomic E-state index is 0.0215. The zero-order valence-electron chi connectivity index (χ0n) is 11.6. The number of hydrogen-bond donors (Lipinski definition) is 1. The predicted octanol–water partition coefficient (Wildman–Crippen LogP) is 3.81. The van der Waals surface area contributed by atoms with Crippen LogP contribution >= 0.6 is 11.6 Å². The smallest absolute Gasteiger partial charge is 0.407 e. The highest BCUT2D eigenvalue weighted by molar-refractivity contribution is 6.30. The summed E-state index contributed by atoms with van der Waals surface area (Å²) in [5.74, 6) is 0.353. The van der Waals surface area contributed by atoms with Gasteiger partial charge in [0.25, 0.3) is 0 Å². The molecule has 1 amide bonds. The van der Waals surface area contributed by atoms with E-state index in [1.807, 2.05) is 31.2 Å². The van der Waals surface area contributed by atoms with Crippen LogP contribution < -0.4 is 0 Å². The molecule has 1 aliphatic rings. The van der Waals surface area contributed by atoms with Gasteiger partial charge in [0.1, 0.15) is 0 Å². The Balaban J connectivity index is 2.06. The largest absolute Gasteiger partial charge is 0.465 e. The van der Waals surface area contributed by atoms with Gasteiger partial charge in [0, 0.05) is 24.7 Å². The van der Waals surface area contributed by atoms with E-state index in [0.29, 0.717) is 30.6 Å². The number of likely N-dealkylation sites (tertiary alicyclic amines) is 1. The number of piperidine rings is 1. The van der Waals surface area contributed by atoms with Gasteiger partial charge < -0.3 is 14.7 Å². The number of carbonyl (C=O) groups is 1. The minimum Gasteiger partial charge on any atom is -0.465 e. The van der Waals surface area contributed by atoms with Crippen molar-refractivity contribution >= 4 is 17.7 Å². The number of carboxylic acid groups (broad SMARTS) is 1. The van der Waals surface area contributed by atoms with Crippen LogP contribution in [0.2, 0.25) is 5.02 Å². The highest BCUT2D eigenvalue weighted by Crippen LogP contribution is 2.34. The third-order valence-corrected chi connectivity index (χ3v) is 4.04. The highest BCUT2D eigenvalue weighted by atomic mass is 35.5. The van der Waals surface area contributed by atoms with Crippen molar-refractivity contribution in [1.29, 1.82) is 0 Å². The molecule has 5 heteroatoms. The monoisotopic (exact) mass is 297 g/mol. The van der Waals surface area contributed by atoms with E-state index in [2.05, 4.69) is 0 Å². The molecule has 1 aromatic rings. The summed E-state index contributed by atoms with van der Waals surface area (Å²) in [4.78, 5) is 12.4. The van der Waals surface area contributed by atoms with Crippen LogP contribution in [0.4, 0.5) is 4.79 Å². The number of halogens is 1. The van der Waals surface area contributed by atoms with Crippen molar-refractivity contribution < 1.29 is 14.6 Å². The molecule has 4 nitrogen and oxygen atoms in total. The Kier molecular flexibility index (Phi) is 5.26. The number of ether oxygens (including phenoxy) is 1. The van der Waals surface area contributed by atoms with E-state index < -0.39 is 6.09 Å². The molecule has 0 aromatic heterocycles. The second-order valence-corrected chi connectivity index (χ2v) is 5.47. The molecule has 20 heavy (non-hydrogen) atoms. The Morgan fingerprint density at radius 3 is 2.50 bits per heavy atom. The first kappa shape index (κ1) is 15.1. The lowest BCUT2D eigenvalue weighted by Gasteiger charge is -2.34. The molecule has 1 saturated heterocycles. The number of benzene rings is 1. The Morgan fingerprint density at radius 1 is 1.40 bits per heavy atom. The maximum Gasteiger partial charge on any atom is 0.407 e. The maximum absolute atomic E-state index is 10.9. The molecule has 1 heterocycles. The second-order valence-electron chi connectivity index (χ2n) is 5.03. The van der Waals surface area contributed by atoms with E-state index in [1.165, 1.54) is 4.90 Å². The van der Waals surface area contributed by atoms with Crippen molar-refractivity contribution in [3.63, 3.8) is 0 Å². The van der Waals surface area contributed by atoms with Crippen molar-refractivity contribution in [2.24, 2.45) is 5.92 Å². The molecule has 1 atom stereocenters. The summed E-state index contributed by atoms with van der Waals surface area (Å²) < 4.78 is 5.89. The summed E-state index contributed by atoms with van der Waals surface area (Å²) in [7, 11) is 0. The van der Waals surface area contributed by atoms with Gasteiger partial charge in [-0.25, -0.2) is 4.79 Å². The molecule has 0 saturated carbocycles. The van der Waals surface area contributed by atoms with E-state index in [-0.39, 0.29) is 6.10 Å². The first-order chi connectivity index (χ1) is 9.61. The molecule has 1 unspecified atom stereocenters. The van der Waals surface area contributed by atoms with Gasteiger partial charge in [0.05, 0.1) is 6.10 Å². The molecule has 0 radical (unpaired) electrons. The van der Waals surface area contributed by atoms with Crippen molar-refractivity contribution in [2.75, 3.05) is 19.7 Å². The van der Waals surface area contributed by atoms with Crippen LogP contribution in [0.1, 0.15) is 31.4 Å².